The number of hydrogen-bond donors (Lipinski definition) is 1. The molecule has 29 heavy (non-hydrogen) atoms. The van der Waals surface area contributed by atoms with E-state index in [1.165, 1.54) is 20.2 Å². The molecule has 0 fully saturated rings. The van der Waals surface area contributed by atoms with Crippen LogP contribution in [0.25, 0.3) is 0 Å². The van der Waals surface area contributed by atoms with E-state index in [1.807, 2.05) is 0 Å². The SMILES string of the molecule is COc1ccccc1C(=O)N[C@@H](CS(=O)(=O)Cc1ccccc1)C(=O)N(C)C#N. The number of likely N-dealkylation sites (N-methyl/N-ethyl adjacent to an activating group) is 1. The van der Waals surface area contributed by atoms with Crippen LogP contribution in [-0.2, 0) is 20.4 Å². The highest BCUT2D eigenvalue weighted by molar-refractivity contribution is 7.90. The molecule has 2 aromatic carbocycles. The lowest BCUT2D eigenvalue weighted by Crippen LogP contribution is -2.50. The molecule has 0 spiro atoms. The molecular formula is C20H21N3O5S. The van der Waals surface area contributed by atoms with E-state index in [-0.39, 0.29) is 17.1 Å². The Bertz CT molecular complexity index is 1020. The largest absolute Gasteiger partial charge is 0.496 e. The lowest BCUT2D eigenvalue weighted by molar-refractivity contribution is -0.128. The standard InChI is InChI=1S/C20H21N3O5S/c1-23(14-21)20(25)17(13-29(26,27)12-15-8-4-3-5-9-15)22-19(24)16-10-6-7-11-18(16)28-2/h3-11,17H,12-13H2,1-2H3,(H,22,24)/t17-/m0/s1. The molecule has 9 heteroatoms. The van der Waals surface area contributed by atoms with Crippen molar-refractivity contribution in [1.82, 2.24) is 10.2 Å². The molecule has 0 aromatic heterocycles. The Kier molecular flexibility index (Phi) is 7.33. The Labute approximate surface area is 169 Å². The Hall–Kier alpha value is -3.38. The lowest BCUT2D eigenvalue weighted by Gasteiger charge is -2.20. The molecule has 0 saturated heterocycles. The van der Waals surface area contributed by atoms with E-state index in [1.54, 1.807) is 54.7 Å². The maximum atomic E-state index is 12.7. The summed E-state index contributed by atoms with van der Waals surface area (Å²) in [6.07, 6.45) is 1.63. The number of benzene rings is 2. The fourth-order valence-corrected chi connectivity index (χ4v) is 4.22. The van der Waals surface area contributed by atoms with Crippen molar-refractivity contribution in [1.29, 1.82) is 5.26 Å². The average molecular weight is 415 g/mol. The van der Waals surface area contributed by atoms with Crippen molar-refractivity contribution in [3.8, 4) is 11.9 Å². The molecule has 152 valence electrons. The monoisotopic (exact) mass is 415 g/mol. The van der Waals surface area contributed by atoms with E-state index in [2.05, 4.69) is 5.32 Å². The van der Waals surface area contributed by atoms with Crippen LogP contribution in [0.4, 0.5) is 0 Å². The Morgan fingerprint density at radius 1 is 1.14 bits per heavy atom. The third kappa shape index (κ3) is 6.05. The molecule has 2 rings (SSSR count). The van der Waals surface area contributed by atoms with Gasteiger partial charge < -0.3 is 10.1 Å². The number of nitriles is 1. The first-order chi connectivity index (χ1) is 13.8. The van der Waals surface area contributed by atoms with Crippen LogP contribution in [0.2, 0.25) is 0 Å². The predicted molar refractivity (Wildman–Crippen MR) is 107 cm³/mol. The summed E-state index contributed by atoms with van der Waals surface area (Å²) in [4.78, 5) is 25.9. The number of para-hydroxylation sites is 1. The fraction of sp³-hybridized carbons (Fsp3) is 0.250. The maximum Gasteiger partial charge on any atom is 0.258 e. The van der Waals surface area contributed by atoms with E-state index in [9.17, 15) is 18.0 Å². The topological polar surface area (TPSA) is 117 Å². The summed E-state index contributed by atoms with van der Waals surface area (Å²) >= 11 is 0. The first-order valence-corrected chi connectivity index (χ1v) is 10.4. The number of carbonyl (C=O) groups is 2. The predicted octanol–water partition coefficient (Wildman–Crippen LogP) is 1.35. The van der Waals surface area contributed by atoms with Gasteiger partial charge in [0.1, 0.15) is 11.8 Å². The number of methoxy groups -OCH3 is 1. The summed E-state index contributed by atoms with van der Waals surface area (Å²) in [6, 6.07) is 13.4. The fourth-order valence-electron chi connectivity index (χ4n) is 2.67. The average Bonchev–Trinajstić information content (AvgIpc) is 2.72. The van der Waals surface area contributed by atoms with E-state index >= 15 is 0 Å². The Morgan fingerprint density at radius 3 is 2.38 bits per heavy atom. The van der Waals surface area contributed by atoms with Crippen molar-refractivity contribution in [2.75, 3.05) is 19.9 Å². The number of ether oxygens (including phenoxy) is 1. The summed E-state index contributed by atoms with van der Waals surface area (Å²) in [7, 11) is -1.17. The lowest BCUT2D eigenvalue weighted by atomic mass is 10.1. The van der Waals surface area contributed by atoms with E-state index < -0.39 is 33.4 Å². The van der Waals surface area contributed by atoms with Crippen molar-refractivity contribution >= 4 is 21.7 Å². The number of hydrogen-bond acceptors (Lipinski definition) is 6. The van der Waals surface area contributed by atoms with E-state index in [4.69, 9.17) is 10.00 Å². The number of rotatable bonds is 8. The number of amides is 2. The van der Waals surface area contributed by atoms with Gasteiger partial charge in [0.2, 0.25) is 0 Å². The number of nitrogens with one attached hydrogen (secondary N) is 1. The second-order valence-electron chi connectivity index (χ2n) is 6.26. The Balaban J connectivity index is 2.26. The molecular weight excluding hydrogens is 394 g/mol. The second-order valence-corrected chi connectivity index (χ2v) is 8.37. The van der Waals surface area contributed by atoms with Crippen LogP contribution >= 0.6 is 0 Å². The smallest absolute Gasteiger partial charge is 0.258 e. The normalized spacial score (nSPS) is 11.8. The molecule has 2 aromatic rings. The molecule has 0 unspecified atom stereocenters. The minimum Gasteiger partial charge on any atom is -0.496 e. The van der Waals surface area contributed by atoms with Crippen molar-refractivity contribution in [2.45, 2.75) is 11.8 Å². The summed E-state index contributed by atoms with van der Waals surface area (Å²) in [5.74, 6) is -2.17. The van der Waals surface area contributed by atoms with Crippen molar-refractivity contribution in [3.05, 3.63) is 65.7 Å². The van der Waals surface area contributed by atoms with Gasteiger partial charge in [-0.3, -0.25) is 14.5 Å². The Morgan fingerprint density at radius 2 is 1.76 bits per heavy atom. The maximum absolute atomic E-state index is 12.7. The van der Waals surface area contributed by atoms with Crippen LogP contribution in [-0.4, -0.2) is 51.1 Å². The molecule has 0 heterocycles. The minimum absolute atomic E-state index is 0.146. The zero-order valence-corrected chi connectivity index (χ0v) is 16.8. The van der Waals surface area contributed by atoms with E-state index in [0.29, 0.717) is 10.5 Å². The molecule has 1 N–H and O–H groups in total. The molecule has 0 aliphatic carbocycles. The third-order valence-corrected chi connectivity index (χ3v) is 5.70. The van der Waals surface area contributed by atoms with E-state index in [0.717, 1.165) is 0 Å². The first-order valence-electron chi connectivity index (χ1n) is 8.63. The summed E-state index contributed by atoms with van der Waals surface area (Å²) < 4.78 is 30.4. The van der Waals surface area contributed by atoms with Gasteiger partial charge in [-0.25, -0.2) is 8.42 Å². The summed E-state index contributed by atoms with van der Waals surface area (Å²) in [5, 5.41) is 11.4. The third-order valence-electron chi connectivity index (χ3n) is 4.09. The highest BCUT2D eigenvalue weighted by atomic mass is 32.2. The van der Waals surface area contributed by atoms with Gasteiger partial charge in [0.15, 0.2) is 16.0 Å². The van der Waals surface area contributed by atoms with Crippen LogP contribution in [0.5, 0.6) is 5.75 Å². The molecule has 2 amide bonds. The van der Waals surface area contributed by atoms with Gasteiger partial charge in [0, 0.05) is 7.05 Å². The van der Waals surface area contributed by atoms with Gasteiger partial charge in [-0.15, -0.1) is 0 Å². The first kappa shape index (κ1) is 21.9. The van der Waals surface area contributed by atoms with Crippen LogP contribution in [0, 0.1) is 11.5 Å². The van der Waals surface area contributed by atoms with Crippen LogP contribution in [0.15, 0.2) is 54.6 Å². The highest BCUT2D eigenvalue weighted by Crippen LogP contribution is 2.17. The highest BCUT2D eigenvalue weighted by Gasteiger charge is 2.30. The van der Waals surface area contributed by atoms with Gasteiger partial charge in [0.25, 0.3) is 11.8 Å². The molecule has 8 nitrogen and oxygen atoms in total. The molecule has 0 bridgehead atoms. The second kappa shape index (κ2) is 9.71. The van der Waals surface area contributed by atoms with Gasteiger partial charge in [-0.1, -0.05) is 42.5 Å². The quantitative estimate of drug-likeness (QED) is 0.514. The summed E-state index contributed by atoms with van der Waals surface area (Å²) in [5.41, 5.74) is 0.705. The van der Waals surface area contributed by atoms with Crippen molar-refractivity contribution in [3.63, 3.8) is 0 Å². The minimum atomic E-state index is -3.77. The van der Waals surface area contributed by atoms with Gasteiger partial charge in [-0.05, 0) is 17.7 Å². The number of carbonyl (C=O) groups excluding carboxylic acids is 2. The molecule has 0 radical (unpaired) electrons. The van der Waals surface area contributed by atoms with Gasteiger partial charge in [-0.2, -0.15) is 5.26 Å². The molecule has 0 saturated carbocycles. The van der Waals surface area contributed by atoms with Gasteiger partial charge in [0.05, 0.1) is 24.2 Å². The summed E-state index contributed by atoms with van der Waals surface area (Å²) in [6.45, 7) is 0. The van der Waals surface area contributed by atoms with Crippen molar-refractivity contribution in [2.24, 2.45) is 0 Å². The van der Waals surface area contributed by atoms with Crippen LogP contribution in [0.1, 0.15) is 15.9 Å². The van der Waals surface area contributed by atoms with Crippen LogP contribution < -0.4 is 10.1 Å². The van der Waals surface area contributed by atoms with Crippen LogP contribution in [0.3, 0.4) is 0 Å². The van der Waals surface area contributed by atoms with Crippen molar-refractivity contribution < 1.29 is 22.7 Å². The molecule has 1 atom stereocenters. The zero-order valence-electron chi connectivity index (χ0n) is 16.0. The zero-order chi connectivity index (χ0) is 21.4. The molecule has 0 aliphatic heterocycles. The molecule has 0 aliphatic rings. The number of sulfone groups is 1. The van der Waals surface area contributed by atoms with Gasteiger partial charge >= 0.3 is 0 Å². The number of nitrogens with zero attached hydrogens (tertiary/aromatic N) is 2.